The van der Waals surface area contributed by atoms with E-state index in [-0.39, 0.29) is 12.5 Å². The van der Waals surface area contributed by atoms with Crippen LogP contribution in [0.25, 0.3) is 10.2 Å². The van der Waals surface area contributed by atoms with Crippen molar-refractivity contribution in [3.63, 3.8) is 0 Å². The van der Waals surface area contributed by atoms with E-state index in [1.54, 1.807) is 19.4 Å². The first-order valence-electron chi connectivity index (χ1n) is 7.11. The molecule has 0 saturated carbocycles. The summed E-state index contributed by atoms with van der Waals surface area (Å²) in [5, 5.41) is 3.60. The van der Waals surface area contributed by atoms with Crippen molar-refractivity contribution in [2.45, 2.75) is 6.54 Å². The third kappa shape index (κ3) is 3.45. The lowest BCUT2D eigenvalue weighted by Crippen LogP contribution is -2.34. The maximum atomic E-state index is 12.0. The van der Waals surface area contributed by atoms with Crippen molar-refractivity contribution in [3.8, 4) is 5.75 Å². The van der Waals surface area contributed by atoms with Crippen LogP contribution in [0, 0.1) is 0 Å². The molecule has 3 rings (SSSR count). The molecule has 0 aliphatic rings. The van der Waals surface area contributed by atoms with Crippen LogP contribution in [0.3, 0.4) is 0 Å². The molecule has 0 fully saturated rings. The molecule has 3 aromatic rings. The molecule has 2 aromatic heterocycles. The number of hydrogen-bond donors (Lipinski definition) is 1. The first-order valence-corrected chi connectivity index (χ1v) is 7.93. The highest BCUT2D eigenvalue weighted by Crippen LogP contribution is 2.33. The Morgan fingerprint density at radius 1 is 1.39 bits per heavy atom. The first-order chi connectivity index (χ1) is 11.2. The van der Waals surface area contributed by atoms with Gasteiger partial charge < -0.3 is 19.4 Å². The van der Waals surface area contributed by atoms with Gasteiger partial charge in [0, 0.05) is 7.05 Å². The van der Waals surface area contributed by atoms with Crippen LogP contribution in [0.4, 0.5) is 5.13 Å². The minimum absolute atomic E-state index is 0.0879. The normalized spacial score (nSPS) is 10.7. The molecule has 2 heterocycles. The van der Waals surface area contributed by atoms with Gasteiger partial charge in [0.2, 0.25) is 5.91 Å². The van der Waals surface area contributed by atoms with Gasteiger partial charge in [-0.2, -0.15) is 0 Å². The molecule has 0 spiro atoms. The van der Waals surface area contributed by atoms with Crippen LogP contribution in [-0.4, -0.2) is 31.6 Å². The summed E-state index contributed by atoms with van der Waals surface area (Å²) in [7, 11) is 3.47. The van der Waals surface area contributed by atoms with E-state index in [0.717, 1.165) is 26.9 Å². The first kappa shape index (κ1) is 15.4. The molecule has 1 aromatic carbocycles. The van der Waals surface area contributed by atoms with Gasteiger partial charge in [0.05, 0.1) is 31.2 Å². The SMILES string of the molecule is COc1cccc2sc(N(C)CC(=O)NCc3ccco3)nc12. The molecular weight excluding hydrogens is 314 g/mol. The maximum absolute atomic E-state index is 12.0. The van der Waals surface area contributed by atoms with Gasteiger partial charge in [-0.15, -0.1) is 0 Å². The Hall–Kier alpha value is -2.54. The number of nitrogens with one attached hydrogen (secondary N) is 1. The third-order valence-electron chi connectivity index (χ3n) is 3.34. The van der Waals surface area contributed by atoms with Gasteiger partial charge in [0.1, 0.15) is 17.0 Å². The number of likely N-dealkylation sites (N-methyl/N-ethyl adjacent to an activating group) is 1. The number of anilines is 1. The number of para-hydroxylation sites is 1. The molecule has 120 valence electrons. The van der Waals surface area contributed by atoms with Crippen molar-refractivity contribution < 1.29 is 13.9 Å². The number of carbonyl (C=O) groups excluding carboxylic acids is 1. The Balaban J connectivity index is 1.65. The summed E-state index contributed by atoms with van der Waals surface area (Å²) in [6, 6.07) is 9.41. The van der Waals surface area contributed by atoms with E-state index in [1.807, 2.05) is 36.2 Å². The lowest BCUT2D eigenvalue weighted by atomic mass is 10.3. The van der Waals surface area contributed by atoms with Crippen molar-refractivity contribution in [1.82, 2.24) is 10.3 Å². The number of nitrogens with zero attached hydrogens (tertiary/aromatic N) is 2. The van der Waals surface area contributed by atoms with E-state index in [2.05, 4.69) is 10.3 Å². The van der Waals surface area contributed by atoms with Crippen LogP contribution in [0.5, 0.6) is 5.75 Å². The molecular formula is C16H17N3O3S. The summed E-state index contributed by atoms with van der Waals surface area (Å²) in [5.74, 6) is 1.38. The molecule has 1 amide bonds. The number of furan rings is 1. The summed E-state index contributed by atoms with van der Waals surface area (Å²) in [4.78, 5) is 18.4. The molecule has 0 radical (unpaired) electrons. The smallest absolute Gasteiger partial charge is 0.239 e. The predicted octanol–water partition coefficient (Wildman–Crippen LogP) is 2.65. The summed E-state index contributed by atoms with van der Waals surface area (Å²) >= 11 is 1.53. The van der Waals surface area contributed by atoms with E-state index < -0.39 is 0 Å². The lowest BCUT2D eigenvalue weighted by molar-refractivity contribution is -0.119. The van der Waals surface area contributed by atoms with Gasteiger partial charge in [0.25, 0.3) is 0 Å². The highest BCUT2D eigenvalue weighted by molar-refractivity contribution is 7.22. The van der Waals surface area contributed by atoms with Gasteiger partial charge >= 0.3 is 0 Å². The number of fused-ring (bicyclic) bond motifs is 1. The zero-order valence-corrected chi connectivity index (χ0v) is 13.7. The van der Waals surface area contributed by atoms with E-state index >= 15 is 0 Å². The van der Waals surface area contributed by atoms with E-state index in [4.69, 9.17) is 9.15 Å². The summed E-state index contributed by atoms with van der Waals surface area (Å²) in [6.45, 7) is 0.607. The molecule has 0 aliphatic heterocycles. The molecule has 0 atom stereocenters. The van der Waals surface area contributed by atoms with Crippen LogP contribution < -0.4 is 15.0 Å². The summed E-state index contributed by atoms with van der Waals surface area (Å²) in [6.07, 6.45) is 1.59. The number of aromatic nitrogens is 1. The lowest BCUT2D eigenvalue weighted by Gasteiger charge is -2.14. The minimum atomic E-state index is -0.0879. The van der Waals surface area contributed by atoms with Gasteiger partial charge in [0.15, 0.2) is 5.13 Å². The number of ether oxygens (including phenoxy) is 1. The van der Waals surface area contributed by atoms with Crippen molar-refractivity contribution in [1.29, 1.82) is 0 Å². The van der Waals surface area contributed by atoms with Gasteiger partial charge in [-0.1, -0.05) is 17.4 Å². The Morgan fingerprint density at radius 2 is 2.26 bits per heavy atom. The Labute approximate surface area is 137 Å². The number of carbonyl (C=O) groups is 1. The standard InChI is InChI=1S/C16H17N3O3S/c1-19(10-14(20)17-9-11-5-4-8-22-11)16-18-15-12(21-2)6-3-7-13(15)23-16/h3-8H,9-10H2,1-2H3,(H,17,20). The summed E-state index contributed by atoms with van der Waals surface area (Å²) < 4.78 is 11.5. The van der Waals surface area contributed by atoms with E-state index in [9.17, 15) is 4.79 Å². The van der Waals surface area contributed by atoms with Crippen LogP contribution in [-0.2, 0) is 11.3 Å². The maximum Gasteiger partial charge on any atom is 0.239 e. The average molecular weight is 331 g/mol. The molecule has 0 saturated heterocycles. The van der Waals surface area contributed by atoms with Crippen LogP contribution in [0.15, 0.2) is 41.0 Å². The number of benzene rings is 1. The highest BCUT2D eigenvalue weighted by atomic mass is 32.1. The number of amides is 1. The number of hydrogen-bond acceptors (Lipinski definition) is 6. The molecule has 0 unspecified atom stereocenters. The van der Waals surface area contributed by atoms with Crippen LogP contribution >= 0.6 is 11.3 Å². The van der Waals surface area contributed by atoms with Crippen molar-refractivity contribution >= 4 is 32.6 Å². The second-order valence-corrected chi connectivity index (χ2v) is 6.02. The average Bonchev–Trinajstić information content (AvgIpc) is 3.21. The topological polar surface area (TPSA) is 67.6 Å². The van der Waals surface area contributed by atoms with E-state index in [0.29, 0.717) is 6.54 Å². The van der Waals surface area contributed by atoms with Crippen molar-refractivity contribution in [3.05, 3.63) is 42.4 Å². The number of rotatable bonds is 6. The molecule has 6 nitrogen and oxygen atoms in total. The predicted molar refractivity (Wildman–Crippen MR) is 90.0 cm³/mol. The molecule has 0 bridgehead atoms. The quantitative estimate of drug-likeness (QED) is 0.752. The second kappa shape index (κ2) is 6.70. The summed E-state index contributed by atoms with van der Waals surface area (Å²) in [5.41, 5.74) is 0.817. The van der Waals surface area contributed by atoms with Crippen molar-refractivity contribution in [2.24, 2.45) is 0 Å². The molecule has 1 N–H and O–H groups in total. The number of methoxy groups -OCH3 is 1. The fourth-order valence-corrected chi connectivity index (χ4v) is 3.12. The zero-order chi connectivity index (χ0) is 16.2. The molecule has 23 heavy (non-hydrogen) atoms. The Morgan fingerprint density at radius 3 is 3.00 bits per heavy atom. The molecule has 0 aliphatic carbocycles. The Bertz CT molecular complexity index is 798. The zero-order valence-electron chi connectivity index (χ0n) is 12.9. The monoisotopic (exact) mass is 331 g/mol. The Kier molecular flexibility index (Phi) is 4.47. The van der Waals surface area contributed by atoms with Crippen LogP contribution in [0.1, 0.15) is 5.76 Å². The minimum Gasteiger partial charge on any atom is -0.494 e. The van der Waals surface area contributed by atoms with Gasteiger partial charge in [-0.3, -0.25) is 4.79 Å². The van der Waals surface area contributed by atoms with Crippen molar-refractivity contribution in [2.75, 3.05) is 25.6 Å². The van der Waals surface area contributed by atoms with Gasteiger partial charge in [-0.25, -0.2) is 4.98 Å². The largest absolute Gasteiger partial charge is 0.494 e. The second-order valence-electron chi connectivity index (χ2n) is 5.02. The fraction of sp³-hybridized carbons (Fsp3) is 0.250. The van der Waals surface area contributed by atoms with E-state index in [1.165, 1.54) is 11.3 Å². The third-order valence-corrected chi connectivity index (χ3v) is 4.47. The molecule has 7 heteroatoms. The number of thiazole rings is 1. The van der Waals surface area contributed by atoms with Gasteiger partial charge in [-0.05, 0) is 24.3 Å². The fourth-order valence-electron chi connectivity index (χ4n) is 2.18. The highest BCUT2D eigenvalue weighted by Gasteiger charge is 2.14. The van der Waals surface area contributed by atoms with Crippen LogP contribution in [0.2, 0.25) is 0 Å².